The van der Waals surface area contributed by atoms with Gasteiger partial charge < -0.3 is 5.32 Å². The Balaban J connectivity index is 2.61. The Bertz CT molecular complexity index is 297. The Labute approximate surface area is 87.3 Å². The largest absolute Gasteiger partial charge is 0.302 e. The molecule has 0 radical (unpaired) electrons. The second-order valence-electron chi connectivity index (χ2n) is 3.56. The number of nitrogens with one attached hydrogen (secondary N) is 1. The van der Waals surface area contributed by atoms with Gasteiger partial charge in [-0.05, 0) is 31.5 Å². The van der Waals surface area contributed by atoms with Crippen LogP contribution in [0.5, 0.6) is 0 Å². The molecular formula is C11H14F3N. The summed E-state index contributed by atoms with van der Waals surface area (Å²) in [6.45, 7) is 3.19. The summed E-state index contributed by atoms with van der Waals surface area (Å²) in [4.78, 5) is 0. The van der Waals surface area contributed by atoms with Crippen molar-refractivity contribution in [3.05, 3.63) is 35.6 Å². The molecular weight excluding hydrogens is 203 g/mol. The maximum atomic E-state index is 12.6. The van der Waals surface area contributed by atoms with Crippen molar-refractivity contribution >= 4 is 0 Å². The van der Waals surface area contributed by atoms with Gasteiger partial charge in [0, 0.05) is 6.04 Å². The lowest BCUT2D eigenvalue weighted by Crippen LogP contribution is -2.34. The fraction of sp³-hybridized carbons (Fsp3) is 0.455. The first-order chi connectivity index (χ1) is 7.00. The summed E-state index contributed by atoms with van der Waals surface area (Å²) in [6.07, 6.45) is -2.40. The van der Waals surface area contributed by atoms with E-state index in [0.29, 0.717) is 0 Å². The third-order valence-corrected chi connectivity index (χ3v) is 2.26. The highest BCUT2D eigenvalue weighted by atomic mass is 19.3. The smallest absolute Gasteiger partial charge is 0.253 e. The van der Waals surface area contributed by atoms with Gasteiger partial charge in [-0.1, -0.05) is 12.1 Å². The number of benzene rings is 1. The highest BCUT2D eigenvalue weighted by Crippen LogP contribution is 2.14. The molecule has 0 spiro atoms. The van der Waals surface area contributed by atoms with E-state index in [1.807, 2.05) is 0 Å². The quantitative estimate of drug-likeness (QED) is 0.817. The normalized spacial score (nSPS) is 15.3. The molecule has 2 unspecified atom stereocenters. The summed E-state index contributed by atoms with van der Waals surface area (Å²) >= 11 is 0. The van der Waals surface area contributed by atoms with E-state index in [1.165, 1.54) is 19.1 Å². The molecule has 0 saturated carbocycles. The van der Waals surface area contributed by atoms with E-state index < -0.39 is 12.5 Å². The van der Waals surface area contributed by atoms with Crippen molar-refractivity contribution in [2.45, 2.75) is 32.4 Å². The van der Waals surface area contributed by atoms with Crippen LogP contribution in [0.2, 0.25) is 0 Å². The summed E-state index contributed by atoms with van der Waals surface area (Å²) in [7, 11) is 0. The van der Waals surface area contributed by atoms with E-state index in [-0.39, 0.29) is 11.9 Å². The van der Waals surface area contributed by atoms with Gasteiger partial charge in [0.05, 0.1) is 6.04 Å². The van der Waals surface area contributed by atoms with Crippen molar-refractivity contribution in [1.29, 1.82) is 0 Å². The second kappa shape index (κ2) is 5.16. The highest BCUT2D eigenvalue weighted by Gasteiger charge is 2.17. The standard InChI is InChI=1S/C11H14F3N/c1-7(15-8(2)11(13)14)9-3-5-10(12)6-4-9/h3-8,11,15H,1-2H3. The first kappa shape index (κ1) is 12.0. The average molecular weight is 217 g/mol. The SMILES string of the molecule is CC(NC(C)C(F)F)c1ccc(F)cc1. The molecule has 1 nitrogen and oxygen atoms in total. The molecule has 1 aromatic rings. The van der Waals surface area contributed by atoms with Gasteiger partial charge in [-0.15, -0.1) is 0 Å². The molecule has 2 atom stereocenters. The minimum Gasteiger partial charge on any atom is -0.302 e. The van der Waals surface area contributed by atoms with E-state index >= 15 is 0 Å². The minimum absolute atomic E-state index is 0.213. The van der Waals surface area contributed by atoms with Gasteiger partial charge in [0.15, 0.2) is 0 Å². The predicted octanol–water partition coefficient (Wildman–Crippen LogP) is 3.13. The summed E-state index contributed by atoms with van der Waals surface area (Å²) in [5, 5.41) is 2.74. The van der Waals surface area contributed by atoms with Crippen molar-refractivity contribution in [2.24, 2.45) is 0 Å². The fourth-order valence-corrected chi connectivity index (χ4v) is 1.31. The molecule has 1 N–H and O–H groups in total. The second-order valence-corrected chi connectivity index (χ2v) is 3.56. The van der Waals surface area contributed by atoms with Crippen LogP contribution in [0.25, 0.3) is 0 Å². The lowest BCUT2D eigenvalue weighted by Gasteiger charge is -2.19. The van der Waals surface area contributed by atoms with Gasteiger partial charge in [-0.25, -0.2) is 13.2 Å². The van der Waals surface area contributed by atoms with Crippen LogP contribution in [0, 0.1) is 5.82 Å². The van der Waals surface area contributed by atoms with Crippen LogP contribution in [0.3, 0.4) is 0 Å². The molecule has 0 heterocycles. The van der Waals surface area contributed by atoms with Crippen LogP contribution in [0.4, 0.5) is 13.2 Å². The minimum atomic E-state index is -2.40. The average Bonchev–Trinajstić information content (AvgIpc) is 2.18. The molecule has 0 bridgehead atoms. The van der Waals surface area contributed by atoms with Gasteiger partial charge in [-0.2, -0.15) is 0 Å². The van der Waals surface area contributed by atoms with Crippen molar-refractivity contribution in [3.8, 4) is 0 Å². The summed E-state index contributed by atoms with van der Waals surface area (Å²) in [5.41, 5.74) is 0.795. The molecule has 0 amide bonds. The Hall–Kier alpha value is -1.03. The summed E-state index contributed by atoms with van der Waals surface area (Å²) < 4.78 is 37.1. The van der Waals surface area contributed by atoms with Gasteiger partial charge in [-0.3, -0.25) is 0 Å². The van der Waals surface area contributed by atoms with E-state index in [4.69, 9.17) is 0 Å². The zero-order chi connectivity index (χ0) is 11.4. The number of alkyl halides is 2. The topological polar surface area (TPSA) is 12.0 Å². The van der Waals surface area contributed by atoms with E-state index in [9.17, 15) is 13.2 Å². The van der Waals surface area contributed by atoms with Crippen LogP contribution < -0.4 is 5.32 Å². The van der Waals surface area contributed by atoms with Crippen molar-refractivity contribution in [2.75, 3.05) is 0 Å². The van der Waals surface area contributed by atoms with Crippen LogP contribution in [-0.2, 0) is 0 Å². The molecule has 4 heteroatoms. The van der Waals surface area contributed by atoms with E-state index in [1.54, 1.807) is 19.1 Å². The molecule has 0 aliphatic rings. The Morgan fingerprint density at radius 3 is 2.07 bits per heavy atom. The van der Waals surface area contributed by atoms with Gasteiger partial charge in [0.25, 0.3) is 6.43 Å². The first-order valence-electron chi connectivity index (χ1n) is 4.80. The molecule has 0 saturated heterocycles. The van der Waals surface area contributed by atoms with Crippen molar-refractivity contribution < 1.29 is 13.2 Å². The summed E-state index contributed by atoms with van der Waals surface area (Å²) in [6, 6.07) is 4.73. The lowest BCUT2D eigenvalue weighted by atomic mass is 10.1. The van der Waals surface area contributed by atoms with Crippen LogP contribution in [0.1, 0.15) is 25.5 Å². The monoisotopic (exact) mass is 217 g/mol. The zero-order valence-corrected chi connectivity index (χ0v) is 8.68. The molecule has 84 valence electrons. The number of halogens is 3. The molecule has 0 aliphatic heterocycles. The Morgan fingerprint density at radius 1 is 1.07 bits per heavy atom. The van der Waals surface area contributed by atoms with E-state index in [0.717, 1.165) is 5.56 Å². The Morgan fingerprint density at radius 2 is 1.60 bits per heavy atom. The molecule has 15 heavy (non-hydrogen) atoms. The number of rotatable bonds is 4. The van der Waals surface area contributed by atoms with Gasteiger partial charge >= 0.3 is 0 Å². The van der Waals surface area contributed by atoms with Crippen molar-refractivity contribution in [3.63, 3.8) is 0 Å². The molecule has 0 aromatic heterocycles. The van der Waals surface area contributed by atoms with Gasteiger partial charge in [0.2, 0.25) is 0 Å². The van der Waals surface area contributed by atoms with Crippen LogP contribution in [-0.4, -0.2) is 12.5 Å². The van der Waals surface area contributed by atoms with E-state index in [2.05, 4.69) is 5.32 Å². The third kappa shape index (κ3) is 3.55. The predicted molar refractivity (Wildman–Crippen MR) is 53.4 cm³/mol. The number of hydrogen-bond donors (Lipinski definition) is 1. The molecule has 1 rings (SSSR count). The molecule has 0 fully saturated rings. The lowest BCUT2D eigenvalue weighted by molar-refractivity contribution is 0.101. The summed E-state index contributed by atoms with van der Waals surface area (Å²) in [5.74, 6) is -0.326. The fourth-order valence-electron chi connectivity index (χ4n) is 1.31. The Kier molecular flexibility index (Phi) is 4.15. The van der Waals surface area contributed by atoms with Crippen molar-refractivity contribution in [1.82, 2.24) is 5.32 Å². The molecule has 1 aromatic carbocycles. The maximum absolute atomic E-state index is 12.6. The van der Waals surface area contributed by atoms with Gasteiger partial charge in [0.1, 0.15) is 5.82 Å². The molecule has 0 aliphatic carbocycles. The van der Waals surface area contributed by atoms with Crippen LogP contribution >= 0.6 is 0 Å². The maximum Gasteiger partial charge on any atom is 0.253 e. The third-order valence-electron chi connectivity index (χ3n) is 2.26. The zero-order valence-electron chi connectivity index (χ0n) is 8.68. The number of hydrogen-bond acceptors (Lipinski definition) is 1. The van der Waals surface area contributed by atoms with Crippen LogP contribution in [0.15, 0.2) is 24.3 Å². The highest BCUT2D eigenvalue weighted by molar-refractivity contribution is 5.19. The first-order valence-corrected chi connectivity index (χ1v) is 4.80.